The summed E-state index contributed by atoms with van der Waals surface area (Å²) in [5.74, 6) is 0.844. The predicted molar refractivity (Wildman–Crippen MR) is 81.8 cm³/mol. The summed E-state index contributed by atoms with van der Waals surface area (Å²) in [6.45, 7) is 5.32. The second kappa shape index (κ2) is 6.17. The maximum absolute atomic E-state index is 12.6. The van der Waals surface area contributed by atoms with Crippen molar-refractivity contribution in [3.63, 3.8) is 0 Å². The standard InChI is InChI=1S/C16H20N4O3/c21-16(20-2-1-14-15(9-20)18-11-17-14)12-7-13(23-10-12)8-19-3-5-22-6-4-19/h7,10-11H,1-6,8-9H2,(H,17,18). The number of carbonyl (C=O) groups excluding carboxylic acids is 1. The van der Waals surface area contributed by atoms with E-state index in [9.17, 15) is 4.79 Å². The molecule has 2 aromatic rings. The second-order valence-electron chi connectivity index (χ2n) is 5.99. The zero-order chi connectivity index (χ0) is 15.6. The summed E-state index contributed by atoms with van der Waals surface area (Å²) in [5, 5.41) is 0. The van der Waals surface area contributed by atoms with Gasteiger partial charge in [0.25, 0.3) is 5.91 Å². The van der Waals surface area contributed by atoms with Crippen LogP contribution in [-0.4, -0.2) is 58.5 Å². The largest absolute Gasteiger partial charge is 0.467 e. The van der Waals surface area contributed by atoms with Crippen molar-refractivity contribution in [2.75, 3.05) is 32.8 Å². The molecule has 0 radical (unpaired) electrons. The lowest BCUT2D eigenvalue weighted by Crippen LogP contribution is -2.36. The number of carbonyl (C=O) groups is 1. The highest BCUT2D eigenvalue weighted by Crippen LogP contribution is 2.19. The first-order valence-corrected chi connectivity index (χ1v) is 7.97. The van der Waals surface area contributed by atoms with Crippen LogP contribution in [0.2, 0.25) is 0 Å². The molecule has 1 fully saturated rings. The first kappa shape index (κ1) is 14.5. The topological polar surface area (TPSA) is 74.6 Å². The van der Waals surface area contributed by atoms with Gasteiger partial charge >= 0.3 is 0 Å². The molecule has 0 spiro atoms. The van der Waals surface area contributed by atoms with Crippen LogP contribution in [0, 0.1) is 0 Å². The summed E-state index contributed by atoms with van der Waals surface area (Å²) in [7, 11) is 0. The Morgan fingerprint density at radius 3 is 3.04 bits per heavy atom. The highest BCUT2D eigenvalue weighted by Gasteiger charge is 2.24. The first-order valence-electron chi connectivity index (χ1n) is 7.97. The van der Waals surface area contributed by atoms with Gasteiger partial charge in [-0.2, -0.15) is 0 Å². The van der Waals surface area contributed by atoms with E-state index in [1.54, 1.807) is 12.6 Å². The molecule has 1 amide bonds. The number of hydrogen-bond acceptors (Lipinski definition) is 5. The molecule has 0 aromatic carbocycles. The van der Waals surface area contributed by atoms with Crippen LogP contribution in [0.1, 0.15) is 27.5 Å². The number of ether oxygens (including phenoxy) is 1. The summed E-state index contributed by atoms with van der Waals surface area (Å²) >= 11 is 0. The Balaban J connectivity index is 1.41. The molecule has 23 heavy (non-hydrogen) atoms. The lowest BCUT2D eigenvalue weighted by molar-refractivity contribution is 0.0313. The molecule has 1 saturated heterocycles. The van der Waals surface area contributed by atoms with Crippen LogP contribution >= 0.6 is 0 Å². The van der Waals surface area contributed by atoms with E-state index in [0.717, 1.165) is 56.4 Å². The number of nitrogens with one attached hydrogen (secondary N) is 1. The van der Waals surface area contributed by atoms with Crippen LogP contribution in [0.5, 0.6) is 0 Å². The Labute approximate surface area is 134 Å². The number of hydrogen-bond donors (Lipinski definition) is 1. The number of amides is 1. The first-order chi connectivity index (χ1) is 11.3. The minimum atomic E-state index is 0.0160. The second-order valence-corrected chi connectivity index (χ2v) is 5.99. The maximum Gasteiger partial charge on any atom is 0.257 e. The summed E-state index contributed by atoms with van der Waals surface area (Å²) in [6.07, 6.45) is 4.06. The van der Waals surface area contributed by atoms with Crippen LogP contribution in [0.3, 0.4) is 0 Å². The molecular weight excluding hydrogens is 296 g/mol. The smallest absolute Gasteiger partial charge is 0.257 e. The predicted octanol–water partition coefficient (Wildman–Crippen LogP) is 1.03. The van der Waals surface area contributed by atoms with Crippen molar-refractivity contribution in [3.05, 3.63) is 41.4 Å². The number of aromatic amines is 1. The van der Waals surface area contributed by atoms with E-state index < -0.39 is 0 Å². The maximum atomic E-state index is 12.6. The Hall–Kier alpha value is -2.12. The molecule has 2 aromatic heterocycles. The minimum Gasteiger partial charge on any atom is -0.467 e. The zero-order valence-electron chi connectivity index (χ0n) is 13.0. The van der Waals surface area contributed by atoms with Gasteiger partial charge in [-0.15, -0.1) is 0 Å². The van der Waals surface area contributed by atoms with Gasteiger partial charge in [0.15, 0.2) is 0 Å². The SMILES string of the molecule is O=C(c1coc(CN2CCOCC2)c1)N1CCc2nc[nH]c2C1. The summed E-state index contributed by atoms with van der Waals surface area (Å²) in [5.41, 5.74) is 2.71. The molecular formula is C16H20N4O3. The summed E-state index contributed by atoms with van der Waals surface area (Å²) < 4.78 is 10.9. The Kier molecular flexibility index (Phi) is 3.88. The quantitative estimate of drug-likeness (QED) is 0.915. The van der Waals surface area contributed by atoms with Gasteiger partial charge in [-0.3, -0.25) is 9.69 Å². The normalized spacial score (nSPS) is 18.9. The summed E-state index contributed by atoms with van der Waals surface area (Å²) in [6, 6.07) is 1.86. The van der Waals surface area contributed by atoms with Gasteiger partial charge in [0.1, 0.15) is 12.0 Å². The van der Waals surface area contributed by atoms with Crippen molar-refractivity contribution in [1.29, 1.82) is 0 Å². The fourth-order valence-electron chi connectivity index (χ4n) is 3.12. The van der Waals surface area contributed by atoms with E-state index in [1.807, 2.05) is 11.0 Å². The minimum absolute atomic E-state index is 0.0160. The van der Waals surface area contributed by atoms with E-state index in [0.29, 0.717) is 18.7 Å². The van der Waals surface area contributed by atoms with Crippen LogP contribution in [0.4, 0.5) is 0 Å². The molecule has 1 N–H and O–H groups in total. The highest BCUT2D eigenvalue weighted by molar-refractivity contribution is 5.94. The Morgan fingerprint density at radius 1 is 1.30 bits per heavy atom. The van der Waals surface area contributed by atoms with Gasteiger partial charge in [0.2, 0.25) is 0 Å². The number of H-pyrrole nitrogens is 1. The van der Waals surface area contributed by atoms with Gasteiger partial charge in [0, 0.05) is 26.1 Å². The molecule has 122 valence electrons. The molecule has 4 rings (SSSR count). The monoisotopic (exact) mass is 316 g/mol. The number of fused-ring (bicyclic) bond motifs is 1. The zero-order valence-corrected chi connectivity index (χ0v) is 13.0. The highest BCUT2D eigenvalue weighted by atomic mass is 16.5. The number of rotatable bonds is 3. The molecule has 0 unspecified atom stereocenters. The molecule has 7 nitrogen and oxygen atoms in total. The number of imidazole rings is 1. The molecule has 0 bridgehead atoms. The fourth-order valence-corrected chi connectivity index (χ4v) is 3.12. The van der Waals surface area contributed by atoms with Crippen molar-refractivity contribution < 1.29 is 13.9 Å². The van der Waals surface area contributed by atoms with Crippen molar-refractivity contribution in [1.82, 2.24) is 19.8 Å². The van der Waals surface area contributed by atoms with Gasteiger partial charge < -0.3 is 19.0 Å². The van der Waals surface area contributed by atoms with Crippen LogP contribution in [-0.2, 0) is 24.2 Å². The molecule has 2 aliphatic rings. The molecule has 0 aliphatic carbocycles. The van der Waals surface area contributed by atoms with Crippen LogP contribution in [0.25, 0.3) is 0 Å². The number of aromatic nitrogens is 2. The van der Waals surface area contributed by atoms with Gasteiger partial charge in [0.05, 0.1) is 49.6 Å². The van der Waals surface area contributed by atoms with E-state index in [2.05, 4.69) is 14.9 Å². The number of nitrogens with zero attached hydrogens (tertiary/aromatic N) is 3. The number of morpholine rings is 1. The lowest BCUT2D eigenvalue weighted by atomic mass is 10.1. The molecule has 0 atom stereocenters. The van der Waals surface area contributed by atoms with Crippen molar-refractivity contribution in [3.8, 4) is 0 Å². The van der Waals surface area contributed by atoms with E-state index in [-0.39, 0.29) is 5.91 Å². The third kappa shape index (κ3) is 3.02. The third-order valence-electron chi connectivity index (χ3n) is 4.45. The van der Waals surface area contributed by atoms with E-state index in [1.165, 1.54) is 0 Å². The van der Waals surface area contributed by atoms with Gasteiger partial charge in [-0.05, 0) is 6.07 Å². The van der Waals surface area contributed by atoms with Gasteiger partial charge in [-0.1, -0.05) is 0 Å². The van der Waals surface area contributed by atoms with Crippen molar-refractivity contribution >= 4 is 5.91 Å². The molecule has 2 aliphatic heterocycles. The Morgan fingerprint density at radius 2 is 2.17 bits per heavy atom. The Bertz CT molecular complexity index is 687. The van der Waals surface area contributed by atoms with Crippen LogP contribution < -0.4 is 0 Å². The average Bonchev–Trinajstić information content (AvgIpc) is 3.23. The lowest BCUT2D eigenvalue weighted by Gasteiger charge is -2.26. The van der Waals surface area contributed by atoms with Crippen molar-refractivity contribution in [2.45, 2.75) is 19.5 Å². The summed E-state index contributed by atoms with van der Waals surface area (Å²) in [4.78, 5) is 24.1. The van der Waals surface area contributed by atoms with E-state index in [4.69, 9.17) is 9.15 Å². The average molecular weight is 316 g/mol. The molecule has 0 saturated carbocycles. The van der Waals surface area contributed by atoms with Crippen LogP contribution in [0.15, 0.2) is 23.1 Å². The number of furan rings is 1. The van der Waals surface area contributed by atoms with E-state index >= 15 is 0 Å². The van der Waals surface area contributed by atoms with Crippen molar-refractivity contribution in [2.24, 2.45) is 0 Å². The molecule has 4 heterocycles. The molecule has 7 heteroatoms. The fraction of sp³-hybridized carbons (Fsp3) is 0.500. The van der Waals surface area contributed by atoms with Gasteiger partial charge in [-0.25, -0.2) is 4.98 Å². The third-order valence-corrected chi connectivity index (χ3v) is 4.45.